The van der Waals surface area contributed by atoms with Crippen molar-refractivity contribution in [3.05, 3.63) is 23.5 Å². The summed E-state index contributed by atoms with van der Waals surface area (Å²) < 4.78 is 7.44. The van der Waals surface area contributed by atoms with Gasteiger partial charge >= 0.3 is 12.1 Å². The quantitative estimate of drug-likeness (QED) is 0.647. The summed E-state index contributed by atoms with van der Waals surface area (Å²) in [5.74, 6) is 0.916. The zero-order valence-corrected chi connectivity index (χ0v) is 19.8. The van der Waals surface area contributed by atoms with E-state index in [-0.39, 0.29) is 24.1 Å². The molecule has 0 unspecified atom stereocenters. The fourth-order valence-corrected chi connectivity index (χ4v) is 6.14. The molecule has 0 bridgehead atoms. The lowest BCUT2D eigenvalue weighted by Crippen LogP contribution is -2.42. The number of aryl methyl sites for hydroxylation is 2. The highest BCUT2D eigenvalue weighted by molar-refractivity contribution is 5.95. The Kier molecular flexibility index (Phi) is 6.06. The van der Waals surface area contributed by atoms with Gasteiger partial charge in [-0.25, -0.2) is 9.78 Å². The van der Waals surface area contributed by atoms with E-state index in [1.165, 1.54) is 26.4 Å². The van der Waals surface area contributed by atoms with Crippen molar-refractivity contribution in [3.8, 4) is 0 Å². The molecule has 2 aromatic rings. The third-order valence-corrected chi connectivity index (χ3v) is 8.26. The number of hydrogen-bond acceptors (Lipinski definition) is 4. The summed E-state index contributed by atoms with van der Waals surface area (Å²) in [5, 5.41) is 9.67. The van der Waals surface area contributed by atoms with Crippen LogP contribution < -0.4 is 4.90 Å². The van der Waals surface area contributed by atoms with Crippen LogP contribution in [0.1, 0.15) is 82.1 Å². The number of carbonyl (C=O) groups excluding carboxylic acids is 1. The number of carbonyl (C=O) groups is 2. The van der Waals surface area contributed by atoms with Crippen LogP contribution in [0.15, 0.2) is 12.1 Å². The molecular weight excluding hydrogens is 418 g/mol. The Morgan fingerprint density at radius 1 is 1.15 bits per heavy atom. The lowest BCUT2D eigenvalue weighted by atomic mass is 9.82. The molecule has 1 aromatic heterocycles. The fraction of sp³-hybridized carbons (Fsp3) is 0.654. The van der Waals surface area contributed by atoms with Crippen LogP contribution in [0.2, 0.25) is 0 Å². The lowest BCUT2D eigenvalue weighted by Gasteiger charge is -2.34. The van der Waals surface area contributed by atoms with Crippen LogP contribution in [0.25, 0.3) is 11.0 Å². The van der Waals surface area contributed by atoms with E-state index in [2.05, 4.69) is 17.6 Å². The average molecular weight is 454 g/mol. The van der Waals surface area contributed by atoms with Crippen molar-refractivity contribution in [1.82, 2.24) is 9.55 Å². The first-order chi connectivity index (χ1) is 16.0. The minimum atomic E-state index is -0.680. The van der Waals surface area contributed by atoms with Gasteiger partial charge in [0.2, 0.25) is 0 Å². The molecule has 33 heavy (non-hydrogen) atoms. The maximum Gasteiger partial charge on any atom is 0.414 e. The lowest BCUT2D eigenvalue weighted by molar-refractivity contribution is -0.143. The molecule has 1 N–H and O–H groups in total. The Morgan fingerprint density at radius 2 is 1.94 bits per heavy atom. The Balaban J connectivity index is 1.58. The minimum Gasteiger partial charge on any atom is -0.481 e. The molecule has 3 aliphatic rings. The Bertz CT molecular complexity index is 1060. The van der Waals surface area contributed by atoms with Gasteiger partial charge in [0.05, 0.1) is 29.7 Å². The maximum atomic E-state index is 12.5. The molecule has 178 valence electrons. The second-order valence-electron chi connectivity index (χ2n) is 10.2. The maximum absolute atomic E-state index is 12.5. The second-order valence-corrected chi connectivity index (χ2v) is 10.2. The van der Waals surface area contributed by atoms with Gasteiger partial charge in [-0.3, -0.25) is 9.69 Å². The largest absolute Gasteiger partial charge is 0.481 e. The van der Waals surface area contributed by atoms with Gasteiger partial charge in [0, 0.05) is 24.1 Å². The molecule has 2 heterocycles. The molecule has 1 aromatic carbocycles. The van der Waals surface area contributed by atoms with Crippen LogP contribution in [0.3, 0.4) is 0 Å². The molecule has 2 fully saturated rings. The highest BCUT2D eigenvalue weighted by Gasteiger charge is 2.34. The SMILES string of the molecule is COC(=O)N1c2ccc3c(nc(CCC4CCC4)n3[C@@H]3CCC[C@H](C(=O)O)C3)c2CC[C@@H]1C. The first-order valence-corrected chi connectivity index (χ1v) is 12.6. The Hall–Kier alpha value is -2.57. The molecule has 0 radical (unpaired) electrons. The smallest absolute Gasteiger partial charge is 0.414 e. The topological polar surface area (TPSA) is 84.7 Å². The number of fused-ring (bicyclic) bond motifs is 3. The average Bonchev–Trinajstić information content (AvgIpc) is 3.16. The third kappa shape index (κ3) is 4.00. The van der Waals surface area contributed by atoms with E-state index in [1.807, 2.05) is 6.07 Å². The van der Waals surface area contributed by atoms with Crippen LogP contribution in [0, 0.1) is 11.8 Å². The molecule has 1 aliphatic heterocycles. The molecule has 7 heteroatoms. The number of anilines is 1. The fourth-order valence-electron chi connectivity index (χ4n) is 6.14. The predicted octanol–water partition coefficient (Wildman–Crippen LogP) is 5.49. The van der Waals surface area contributed by atoms with Gasteiger partial charge in [0.25, 0.3) is 0 Å². The zero-order valence-electron chi connectivity index (χ0n) is 19.8. The van der Waals surface area contributed by atoms with Crippen LogP contribution >= 0.6 is 0 Å². The molecular formula is C26H35N3O4. The summed E-state index contributed by atoms with van der Waals surface area (Å²) in [5.41, 5.74) is 4.09. The molecule has 2 aliphatic carbocycles. The van der Waals surface area contributed by atoms with E-state index in [0.717, 1.165) is 79.0 Å². The molecule has 3 atom stereocenters. The highest BCUT2D eigenvalue weighted by Crippen LogP contribution is 2.41. The van der Waals surface area contributed by atoms with Gasteiger partial charge in [0.1, 0.15) is 5.82 Å². The number of aliphatic carboxylic acids is 1. The number of amides is 1. The summed E-state index contributed by atoms with van der Waals surface area (Å²) in [4.78, 5) is 31.2. The van der Waals surface area contributed by atoms with E-state index in [1.54, 1.807) is 4.90 Å². The standard InChI is InChI=1S/C26H35N3O4/c1-16-9-11-20-21(28(16)26(32)33-2)12-13-22-24(20)27-23(14-10-17-5-3-6-17)29(22)19-8-4-7-18(15-19)25(30)31/h12-13,16-19H,3-11,14-15H2,1-2H3,(H,30,31)/t16-,18-,19+/m0/s1. The number of carboxylic acid groups (broad SMARTS) is 1. The second kappa shape index (κ2) is 8.99. The number of aromatic nitrogens is 2. The van der Waals surface area contributed by atoms with Crippen molar-refractivity contribution in [2.45, 2.75) is 89.6 Å². The molecule has 2 saturated carbocycles. The number of imidazole rings is 1. The van der Waals surface area contributed by atoms with E-state index < -0.39 is 5.97 Å². The molecule has 0 spiro atoms. The Labute approximate surface area is 195 Å². The minimum absolute atomic E-state index is 0.0808. The molecule has 5 rings (SSSR count). The first-order valence-electron chi connectivity index (χ1n) is 12.6. The number of ether oxygens (including phenoxy) is 1. The third-order valence-electron chi connectivity index (χ3n) is 8.26. The number of hydrogen-bond donors (Lipinski definition) is 1. The molecule has 1 amide bonds. The van der Waals surface area contributed by atoms with Crippen molar-refractivity contribution in [2.24, 2.45) is 11.8 Å². The van der Waals surface area contributed by atoms with Crippen molar-refractivity contribution in [1.29, 1.82) is 0 Å². The van der Waals surface area contributed by atoms with Crippen LogP contribution in [0.4, 0.5) is 10.5 Å². The van der Waals surface area contributed by atoms with Gasteiger partial charge in [-0.05, 0) is 63.5 Å². The summed E-state index contributed by atoms with van der Waals surface area (Å²) in [6.07, 6.45) is 10.8. The predicted molar refractivity (Wildman–Crippen MR) is 127 cm³/mol. The van der Waals surface area contributed by atoms with Gasteiger partial charge in [-0.15, -0.1) is 0 Å². The van der Waals surface area contributed by atoms with Crippen molar-refractivity contribution in [3.63, 3.8) is 0 Å². The summed E-state index contributed by atoms with van der Waals surface area (Å²) in [6, 6.07) is 4.37. The van der Waals surface area contributed by atoms with Crippen LogP contribution in [-0.4, -0.2) is 39.9 Å². The zero-order chi connectivity index (χ0) is 23.1. The number of nitrogens with zero attached hydrogens (tertiary/aromatic N) is 3. The molecule has 0 saturated heterocycles. The van der Waals surface area contributed by atoms with Crippen molar-refractivity contribution in [2.75, 3.05) is 12.0 Å². The summed E-state index contributed by atoms with van der Waals surface area (Å²) in [6.45, 7) is 2.06. The van der Waals surface area contributed by atoms with Crippen molar-refractivity contribution < 1.29 is 19.4 Å². The number of carboxylic acids is 1. The van der Waals surface area contributed by atoms with Gasteiger partial charge in [0.15, 0.2) is 0 Å². The number of benzene rings is 1. The van der Waals surface area contributed by atoms with E-state index >= 15 is 0 Å². The highest BCUT2D eigenvalue weighted by atomic mass is 16.5. The summed E-state index contributed by atoms with van der Waals surface area (Å²) >= 11 is 0. The van der Waals surface area contributed by atoms with E-state index in [9.17, 15) is 14.7 Å². The van der Waals surface area contributed by atoms with Crippen molar-refractivity contribution >= 4 is 28.8 Å². The number of rotatable bonds is 5. The summed E-state index contributed by atoms with van der Waals surface area (Å²) in [7, 11) is 1.43. The number of methoxy groups -OCH3 is 1. The van der Waals surface area contributed by atoms with Crippen LogP contribution in [0.5, 0.6) is 0 Å². The van der Waals surface area contributed by atoms with E-state index in [0.29, 0.717) is 6.42 Å². The van der Waals surface area contributed by atoms with E-state index in [4.69, 9.17) is 9.72 Å². The molecule has 7 nitrogen and oxygen atoms in total. The van der Waals surface area contributed by atoms with Gasteiger partial charge < -0.3 is 14.4 Å². The monoisotopic (exact) mass is 453 g/mol. The normalized spacial score (nSPS) is 25.5. The van der Waals surface area contributed by atoms with Gasteiger partial charge in [-0.2, -0.15) is 0 Å². The Morgan fingerprint density at radius 3 is 2.64 bits per heavy atom. The van der Waals surface area contributed by atoms with Gasteiger partial charge in [-0.1, -0.05) is 25.7 Å². The van der Waals surface area contributed by atoms with Crippen LogP contribution in [-0.2, 0) is 22.4 Å². The first kappa shape index (κ1) is 22.2.